The Morgan fingerprint density at radius 3 is 2.58 bits per heavy atom. The molecule has 2 aromatic heterocycles. The summed E-state index contributed by atoms with van der Waals surface area (Å²) in [6.45, 7) is 0.669. The normalized spacial score (nSPS) is 12.1. The molecule has 0 aliphatic rings. The fourth-order valence-corrected chi connectivity index (χ4v) is 3.55. The number of fused-ring (bicyclic) bond motifs is 1. The first-order chi connectivity index (χ1) is 12.6. The molecule has 3 rings (SSSR count). The van der Waals surface area contributed by atoms with Crippen LogP contribution in [-0.4, -0.2) is 47.1 Å². The number of nitrogens with zero attached hydrogens (tertiary/aromatic N) is 3. The number of pyridine rings is 1. The maximum Gasteiger partial charge on any atom is 0.415 e. The van der Waals surface area contributed by atoms with Crippen molar-refractivity contribution in [1.29, 1.82) is 0 Å². The van der Waals surface area contributed by atoms with Gasteiger partial charge in [-0.3, -0.25) is 4.90 Å². The first-order valence-corrected chi connectivity index (χ1v) is 9.09. The molecule has 136 valence electrons. The molecule has 7 nitrogen and oxygen atoms in total. The number of methoxy groups -OCH3 is 2. The Labute approximate surface area is 153 Å². The quantitative estimate of drug-likeness (QED) is 0.664. The fraction of sp³-hybridized carbons (Fsp3) is 0.222. The minimum Gasteiger partial charge on any atom is -0.452 e. The summed E-state index contributed by atoms with van der Waals surface area (Å²) in [5.41, 5.74) is 0.639. The standard InChI is InChI=1S/C18H19N3O4S/c1-24-11-10-21(18(22)25-2)17-13-20-12-15(8-9-16(20)19-17)26(23)14-6-4-3-5-7-14/h3-9,12-13H,10-11H2,1-2H3. The number of hydrogen-bond acceptors (Lipinski definition) is 5. The van der Waals surface area contributed by atoms with E-state index in [-0.39, 0.29) is 0 Å². The van der Waals surface area contributed by atoms with Gasteiger partial charge in [-0.25, -0.2) is 14.0 Å². The van der Waals surface area contributed by atoms with Crippen LogP contribution in [0, 0.1) is 0 Å². The predicted octanol–water partition coefficient (Wildman–Crippen LogP) is 2.72. The third-order valence-corrected chi connectivity index (χ3v) is 5.14. The lowest BCUT2D eigenvalue weighted by Gasteiger charge is -2.17. The summed E-state index contributed by atoms with van der Waals surface area (Å²) in [5, 5.41) is 0. The average molecular weight is 373 g/mol. The number of anilines is 1. The molecule has 2 heterocycles. The van der Waals surface area contributed by atoms with Crippen LogP contribution >= 0.6 is 0 Å². The van der Waals surface area contributed by atoms with E-state index in [4.69, 9.17) is 9.47 Å². The lowest BCUT2D eigenvalue weighted by atomic mass is 10.4. The van der Waals surface area contributed by atoms with Crippen LogP contribution < -0.4 is 4.90 Å². The SMILES string of the molecule is COCCN(C(=O)OC)c1cn2cc(S(=O)c3ccccc3)ccc2n1. The van der Waals surface area contributed by atoms with Crippen molar-refractivity contribution in [3.8, 4) is 0 Å². The average Bonchev–Trinajstić information content (AvgIpc) is 3.11. The Morgan fingerprint density at radius 2 is 1.88 bits per heavy atom. The summed E-state index contributed by atoms with van der Waals surface area (Å²) in [6, 6.07) is 12.8. The van der Waals surface area contributed by atoms with Gasteiger partial charge in [0.2, 0.25) is 0 Å². The maximum absolute atomic E-state index is 12.7. The van der Waals surface area contributed by atoms with Gasteiger partial charge in [-0.1, -0.05) is 18.2 Å². The van der Waals surface area contributed by atoms with Gasteiger partial charge in [-0.15, -0.1) is 0 Å². The number of imidazole rings is 1. The van der Waals surface area contributed by atoms with E-state index in [1.807, 2.05) is 30.3 Å². The first-order valence-electron chi connectivity index (χ1n) is 7.94. The zero-order chi connectivity index (χ0) is 18.5. The monoisotopic (exact) mass is 373 g/mol. The van der Waals surface area contributed by atoms with Crippen LogP contribution in [0.5, 0.6) is 0 Å². The lowest BCUT2D eigenvalue weighted by Crippen LogP contribution is -2.34. The van der Waals surface area contributed by atoms with E-state index in [0.717, 1.165) is 4.90 Å². The molecule has 0 N–H and O–H groups in total. The number of aromatic nitrogens is 2. The topological polar surface area (TPSA) is 73.1 Å². The van der Waals surface area contributed by atoms with E-state index in [1.54, 1.807) is 36.0 Å². The molecule has 1 aromatic carbocycles. The smallest absolute Gasteiger partial charge is 0.415 e. The molecule has 1 amide bonds. The molecule has 0 spiro atoms. The highest BCUT2D eigenvalue weighted by atomic mass is 32.2. The van der Waals surface area contributed by atoms with Gasteiger partial charge >= 0.3 is 6.09 Å². The Morgan fingerprint density at radius 1 is 1.12 bits per heavy atom. The summed E-state index contributed by atoms with van der Waals surface area (Å²) >= 11 is 0. The number of rotatable bonds is 6. The van der Waals surface area contributed by atoms with Gasteiger partial charge in [0.1, 0.15) is 5.65 Å². The van der Waals surface area contributed by atoms with Crippen LogP contribution in [0.2, 0.25) is 0 Å². The molecule has 26 heavy (non-hydrogen) atoms. The number of ether oxygens (including phenoxy) is 2. The second-order valence-electron chi connectivity index (χ2n) is 5.43. The van der Waals surface area contributed by atoms with E-state index < -0.39 is 16.9 Å². The van der Waals surface area contributed by atoms with Crippen molar-refractivity contribution in [2.75, 3.05) is 32.3 Å². The third kappa shape index (κ3) is 3.76. The number of benzene rings is 1. The Bertz CT molecular complexity index is 927. The zero-order valence-corrected chi connectivity index (χ0v) is 15.3. The van der Waals surface area contributed by atoms with Gasteiger partial charge < -0.3 is 13.9 Å². The second kappa shape index (κ2) is 8.11. The van der Waals surface area contributed by atoms with Gasteiger partial charge in [0.05, 0.1) is 42.2 Å². The molecular weight excluding hydrogens is 354 g/mol. The van der Waals surface area contributed by atoms with Crippen molar-refractivity contribution >= 4 is 28.4 Å². The van der Waals surface area contributed by atoms with Crippen LogP contribution in [0.4, 0.5) is 10.6 Å². The van der Waals surface area contributed by atoms with Crippen molar-refractivity contribution in [3.05, 3.63) is 54.9 Å². The zero-order valence-electron chi connectivity index (χ0n) is 14.5. The van der Waals surface area contributed by atoms with Crippen molar-refractivity contribution < 1.29 is 18.5 Å². The first kappa shape index (κ1) is 18.1. The molecule has 3 aromatic rings. The van der Waals surface area contributed by atoms with Crippen molar-refractivity contribution in [1.82, 2.24) is 9.38 Å². The molecule has 1 atom stereocenters. The van der Waals surface area contributed by atoms with E-state index >= 15 is 0 Å². The summed E-state index contributed by atoms with van der Waals surface area (Å²) in [7, 11) is 1.59. The van der Waals surface area contributed by atoms with Gasteiger partial charge in [0.25, 0.3) is 0 Å². The Balaban J connectivity index is 1.93. The molecule has 0 aliphatic carbocycles. The summed E-state index contributed by atoms with van der Waals surface area (Å²) in [5.74, 6) is 0.441. The highest BCUT2D eigenvalue weighted by Crippen LogP contribution is 2.20. The number of carbonyl (C=O) groups excluding carboxylic acids is 1. The van der Waals surface area contributed by atoms with Crippen molar-refractivity contribution in [2.45, 2.75) is 9.79 Å². The lowest BCUT2D eigenvalue weighted by molar-refractivity contribution is 0.169. The molecule has 0 aliphatic heterocycles. The van der Waals surface area contributed by atoms with Crippen LogP contribution in [0.1, 0.15) is 0 Å². The van der Waals surface area contributed by atoms with Crippen LogP contribution in [0.15, 0.2) is 64.6 Å². The predicted molar refractivity (Wildman–Crippen MR) is 97.9 cm³/mol. The fourth-order valence-electron chi connectivity index (χ4n) is 2.47. The summed E-state index contributed by atoms with van der Waals surface area (Å²) in [6.07, 6.45) is 2.94. The van der Waals surface area contributed by atoms with Crippen LogP contribution in [0.3, 0.4) is 0 Å². The molecule has 0 fully saturated rings. The largest absolute Gasteiger partial charge is 0.452 e. The molecule has 0 radical (unpaired) electrons. The number of hydrogen-bond donors (Lipinski definition) is 0. The molecule has 1 unspecified atom stereocenters. The van der Waals surface area contributed by atoms with Gasteiger partial charge in [0.15, 0.2) is 5.82 Å². The molecular formula is C18H19N3O4S. The third-order valence-electron chi connectivity index (χ3n) is 3.77. The second-order valence-corrected chi connectivity index (χ2v) is 6.91. The highest BCUT2D eigenvalue weighted by molar-refractivity contribution is 7.85. The van der Waals surface area contributed by atoms with E-state index in [0.29, 0.717) is 29.5 Å². The molecule has 0 bridgehead atoms. The summed E-state index contributed by atoms with van der Waals surface area (Å²) in [4.78, 5) is 19.2. The number of amides is 1. The minimum absolute atomic E-state index is 0.315. The Kier molecular flexibility index (Phi) is 5.65. The van der Waals surface area contributed by atoms with Gasteiger partial charge in [0, 0.05) is 18.2 Å². The molecule has 0 saturated heterocycles. The van der Waals surface area contributed by atoms with Gasteiger partial charge in [-0.2, -0.15) is 0 Å². The highest BCUT2D eigenvalue weighted by Gasteiger charge is 2.19. The van der Waals surface area contributed by atoms with E-state index in [2.05, 4.69) is 4.98 Å². The van der Waals surface area contributed by atoms with E-state index in [1.165, 1.54) is 12.0 Å². The van der Waals surface area contributed by atoms with Crippen LogP contribution in [-0.2, 0) is 20.3 Å². The number of carbonyl (C=O) groups is 1. The maximum atomic E-state index is 12.7. The minimum atomic E-state index is -1.29. The Hall–Kier alpha value is -2.71. The summed E-state index contributed by atoms with van der Waals surface area (Å²) < 4.78 is 24.3. The van der Waals surface area contributed by atoms with Crippen LogP contribution in [0.25, 0.3) is 5.65 Å². The molecule has 0 saturated carbocycles. The van der Waals surface area contributed by atoms with Gasteiger partial charge in [-0.05, 0) is 24.3 Å². The van der Waals surface area contributed by atoms with Crippen molar-refractivity contribution in [2.24, 2.45) is 0 Å². The van der Waals surface area contributed by atoms with Crippen molar-refractivity contribution in [3.63, 3.8) is 0 Å². The van der Waals surface area contributed by atoms with E-state index in [9.17, 15) is 9.00 Å². The molecule has 8 heteroatoms.